The first-order chi connectivity index (χ1) is 15.4. The highest BCUT2D eigenvalue weighted by molar-refractivity contribution is 5.98. The van der Waals surface area contributed by atoms with Gasteiger partial charge in [-0.25, -0.2) is 4.79 Å². The number of nitrogens with one attached hydrogen (secondary N) is 2. The maximum atomic E-state index is 13.0. The van der Waals surface area contributed by atoms with E-state index in [-0.39, 0.29) is 36.0 Å². The minimum atomic E-state index is -1.20. The second kappa shape index (κ2) is 12.4. The lowest BCUT2D eigenvalue weighted by atomic mass is 10.0. The summed E-state index contributed by atoms with van der Waals surface area (Å²) >= 11 is 0. The van der Waals surface area contributed by atoms with Crippen molar-refractivity contribution in [2.24, 2.45) is 0 Å². The number of rotatable bonds is 9. The van der Waals surface area contributed by atoms with Gasteiger partial charge in [-0.1, -0.05) is 60.7 Å². The molecule has 0 aliphatic rings. The number of aliphatic carboxylic acids is 1. The lowest BCUT2D eigenvalue weighted by Crippen LogP contribution is -2.53. The van der Waals surface area contributed by atoms with Crippen molar-refractivity contribution in [3.63, 3.8) is 0 Å². The van der Waals surface area contributed by atoms with Crippen LogP contribution < -0.4 is 10.6 Å². The Labute approximate surface area is 202 Å². The fourth-order valence-corrected chi connectivity index (χ4v) is 3.23. The number of aromatic hydroxyl groups is 1. The Morgan fingerprint density at radius 3 is 1.79 bits per heavy atom. The van der Waals surface area contributed by atoms with Crippen LogP contribution in [0.25, 0.3) is 0 Å². The van der Waals surface area contributed by atoms with E-state index in [1.807, 2.05) is 30.3 Å². The molecular formula is C25H24AlN2O5. The van der Waals surface area contributed by atoms with Crippen LogP contribution in [0.3, 0.4) is 0 Å². The Kier molecular flexibility index (Phi) is 9.67. The van der Waals surface area contributed by atoms with Crippen molar-refractivity contribution in [1.29, 1.82) is 0 Å². The molecule has 0 saturated heterocycles. The predicted molar refractivity (Wildman–Crippen MR) is 125 cm³/mol. The smallest absolute Gasteiger partial charge is 0.326 e. The minimum Gasteiger partial charge on any atom is -0.508 e. The van der Waals surface area contributed by atoms with Gasteiger partial charge >= 0.3 is 5.97 Å². The van der Waals surface area contributed by atoms with E-state index in [0.717, 1.165) is 5.56 Å². The maximum absolute atomic E-state index is 13.0. The summed E-state index contributed by atoms with van der Waals surface area (Å²) in [5, 5.41) is 24.3. The van der Waals surface area contributed by atoms with Gasteiger partial charge in [0.15, 0.2) is 0 Å². The van der Waals surface area contributed by atoms with Gasteiger partial charge < -0.3 is 20.8 Å². The number of carbonyl (C=O) groups excluding carboxylic acids is 2. The molecule has 8 heteroatoms. The van der Waals surface area contributed by atoms with Crippen LogP contribution in [-0.4, -0.2) is 57.4 Å². The number of carbonyl (C=O) groups is 3. The molecule has 2 atom stereocenters. The zero-order chi connectivity index (χ0) is 22.9. The summed E-state index contributed by atoms with van der Waals surface area (Å²) in [6, 6.07) is 21.6. The van der Waals surface area contributed by atoms with E-state index in [9.17, 15) is 24.6 Å². The largest absolute Gasteiger partial charge is 0.508 e. The molecule has 0 bridgehead atoms. The molecule has 2 amide bonds. The molecule has 0 aliphatic carbocycles. The summed E-state index contributed by atoms with van der Waals surface area (Å²) in [4.78, 5) is 37.5. The fourth-order valence-electron chi connectivity index (χ4n) is 3.23. The number of phenolic OH excluding ortho intramolecular Hbond substituents is 1. The zero-order valence-corrected chi connectivity index (χ0v) is 19.0. The Morgan fingerprint density at radius 1 is 0.697 bits per heavy atom. The van der Waals surface area contributed by atoms with E-state index in [1.54, 1.807) is 42.5 Å². The second-order valence-electron chi connectivity index (χ2n) is 7.35. The number of phenols is 1. The van der Waals surface area contributed by atoms with Crippen LogP contribution in [0, 0.1) is 0 Å². The van der Waals surface area contributed by atoms with Crippen LogP contribution in [0.2, 0.25) is 0 Å². The number of carboxylic acids is 1. The molecule has 0 aromatic heterocycles. The topological polar surface area (TPSA) is 116 Å². The van der Waals surface area contributed by atoms with Gasteiger partial charge in [-0.2, -0.15) is 0 Å². The van der Waals surface area contributed by atoms with Gasteiger partial charge in [0, 0.05) is 35.8 Å². The van der Waals surface area contributed by atoms with Crippen molar-refractivity contribution in [2.75, 3.05) is 0 Å². The normalized spacial score (nSPS) is 12.0. The molecule has 0 spiro atoms. The molecular weight excluding hydrogens is 435 g/mol. The van der Waals surface area contributed by atoms with Crippen molar-refractivity contribution in [1.82, 2.24) is 10.6 Å². The van der Waals surface area contributed by atoms with E-state index < -0.39 is 29.9 Å². The molecule has 3 radical (unpaired) electrons. The lowest BCUT2D eigenvalue weighted by Gasteiger charge is -2.22. The quantitative estimate of drug-likeness (QED) is 0.366. The standard InChI is InChI=1S/C25H24N2O5.Al/c28-20-13-11-18(12-14-20)16-22(25(31)32)27-24(30)21(15-17-7-3-1-4-8-17)26-23(29)19-9-5-2-6-10-19;/h1-14,21-22,28H,15-16H2,(H,26,29)(H,27,30)(H,31,32);/t21-,22-;/m0./s1. The Morgan fingerprint density at radius 2 is 1.21 bits per heavy atom. The van der Waals surface area contributed by atoms with E-state index in [4.69, 9.17) is 0 Å². The van der Waals surface area contributed by atoms with Crippen molar-refractivity contribution in [3.8, 4) is 5.75 Å². The van der Waals surface area contributed by atoms with Gasteiger partial charge in [0.25, 0.3) is 5.91 Å². The molecule has 33 heavy (non-hydrogen) atoms. The Balaban J connectivity index is 0.00000385. The summed E-state index contributed by atoms with van der Waals surface area (Å²) < 4.78 is 0. The molecule has 7 nitrogen and oxygen atoms in total. The zero-order valence-electron chi connectivity index (χ0n) is 17.8. The molecule has 3 aromatic rings. The van der Waals surface area contributed by atoms with Crippen LogP contribution in [0.1, 0.15) is 21.5 Å². The molecule has 3 rings (SSSR count). The monoisotopic (exact) mass is 459 g/mol. The minimum absolute atomic E-state index is 0. The Bertz CT molecular complexity index is 1060. The highest BCUT2D eigenvalue weighted by Crippen LogP contribution is 2.12. The van der Waals surface area contributed by atoms with Crippen molar-refractivity contribution in [3.05, 3.63) is 102 Å². The first-order valence-corrected chi connectivity index (χ1v) is 10.1. The SMILES string of the molecule is O=C(N[C@@H](Cc1ccccc1)C(=O)N[C@@H](Cc1ccc(O)cc1)C(=O)O)c1ccccc1.[Al]. The van der Waals surface area contributed by atoms with Crippen molar-refractivity contribution >= 4 is 35.1 Å². The van der Waals surface area contributed by atoms with Gasteiger partial charge in [0.05, 0.1) is 0 Å². The number of hydrogen-bond acceptors (Lipinski definition) is 4. The first-order valence-electron chi connectivity index (χ1n) is 10.1. The van der Waals surface area contributed by atoms with Crippen molar-refractivity contribution < 1.29 is 24.6 Å². The Hall–Kier alpha value is -3.60. The van der Waals surface area contributed by atoms with E-state index >= 15 is 0 Å². The number of hydrogen-bond donors (Lipinski definition) is 4. The first kappa shape index (κ1) is 25.7. The number of carboxylic acid groups (broad SMARTS) is 1. The predicted octanol–water partition coefficient (Wildman–Crippen LogP) is 2.16. The molecule has 0 aliphatic heterocycles. The van der Waals surface area contributed by atoms with Gasteiger partial charge in [0.2, 0.25) is 5.91 Å². The summed E-state index contributed by atoms with van der Waals surface area (Å²) in [5.41, 5.74) is 1.87. The van der Waals surface area contributed by atoms with E-state index in [1.165, 1.54) is 12.1 Å². The summed E-state index contributed by atoms with van der Waals surface area (Å²) in [5.74, 6) is -2.15. The average Bonchev–Trinajstić information content (AvgIpc) is 2.80. The summed E-state index contributed by atoms with van der Waals surface area (Å²) in [6.45, 7) is 0. The number of amides is 2. The van der Waals surface area contributed by atoms with E-state index in [2.05, 4.69) is 10.6 Å². The molecule has 4 N–H and O–H groups in total. The summed E-state index contributed by atoms with van der Waals surface area (Å²) in [6.07, 6.45) is 0.239. The maximum Gasteiger partial charge on any atom is 0.326 e. The second-order valence-corrected chi connectivity index (χ2v) is 7.35. The van der Waals surface area contributed by atoms with Gasteiger partial charge in [-0.3, -0.25) is 9.59 Å². The lowest BCUT2D eigenvalue weighted by molar-refractivity contribution is -0.142. The van der Waals surface area contributed by atoms with Gasteiger partial charge in [0.1, 0.15) is 17.8 Å². The van der Waals surface area contributed by atoms with Crippen molar-refractivity contribution in [2.45, 2.75) is 24.9 Å². The van der Waals surface area contributed by atoms with Gasteiger partial charge in [-0.15, -0.1) is 0 Å². The highest BCUT2D eigenvalue weighted by Gasteiger charge is 2.27. The van der Waals surface area contributed by atoms with Gasteiger partial charge in [-0.05, 0) is 35.4 Å². The fraction of sp³-hybridized carbons (Fsp3) is 0.160. The molecule has 0 fully saturated rings. The van der Waals surface area contributed by atoms with Crippen LogP contribution >= 0.6 is 0 Å². The van der Waals surface area contributed by atoms with Crippen LogP contribution in [0.5, 0.6) is 5.75 Å². The van der Waals surface area contributed by atoms with Crippen LogP contribution in [0.15, 0.2) is 84.9 Å². The highest BCUT2D eigenvalue weighted by atomic mass is 27.0. The molecule has 0 heterocycles. The molecule has 3 aromatic carbocycles. The molecule has 0 saturated carbocycles. The van der Waals surface area contributed by atoms with Crippen LogP contribution in [0.4, 0.5) is 0 Å². The van der Waals surface area contributed by atoms with Crippen LogP contribution in [-0.2, 0) is 22.4 Å². The third-order valence-electron chi connectivity index (χ3n) is 4.93. The third-order valence-corrected chi connectivity index (χ3v) is 4.93. The average molecular weight is 459 g/mol. The van der Waals surface area contributed by atoms with E-state index in [0.29, 0.717) is 11.1 Å². The molecule has 0 unspecified atom stereocenters. The summed E-state index contributed by atoms with van der Waals surface area (Å²) in [7, 11) is 0. The number of benzene rings is 3. The molecule has 167 valence electrons. The third kappa shape index (κ3) is 7.79.